The molecule has 0 saturated heterocycles. The molecule has 0 radical (unpaired) electrons. The van der Waals surface area contributed by atoms with Gasteiger partial charge in [0.15, 0.2) is 0 Å². The highest BCUT2D eigenvalue weighted by Crippen LogP contribution is 2.25. The van der Waals surface area contributed by atoms with Crippen LogP contribution >= 0.6 is 11.6 Å². The predicted octanol–water partition coefficient (Wildman–Crippen LogP) is 3.39. The number of pyridine rings is 1. The highest BCUT2D eigenvalue weighted by molar-refractivity contribution is 6.31. The number of aromatic nitrogens is 2. The van der Waals surface area contributed by atoms with Gasteiger partial charge in [0.1, 0.15) is 0 Å². The maximum Gasteiger partial charge on any atom is 0.0498 e. The van der Waals surface area contributed by atoms with Crippen molar-refractivity contribution in [1.29, 1.82) is 0 Å². The quantitative estimate of drug-likeness (QED) is 0.798. The zero-order chi connectivity index (χ0) is 13.9. The number of benzene rings is 1. The van der Waals surface area contributed by atoms with E-state index in [1.807, 2.05) is 42.7 Å². The summed E-state index contributed by atoms with van der Waals surface area (Å²) in [6.07, 6.45) is 6.74. The van der Waals surface area contributed by atoms with Gasteiger partial charge >= 0.3 is 0 Å². The molecule has 20 heavy (non-hydrogen) atoms. The van der Waals surface area contributed by atoms with Gasteiger partial charge in [0.2, 0.25) is 0 Å². The molecule has 2 heterocycles. The first kappa shape index (κ1) is 13.2. The molecule has 0 saturated carbocycles. The summed E-state index contributed by atoms with van der Waals surface area (Å²) < 4.78 is 2.23. The minimum atomic E-state index is 0.542. The summed E-state index contributed by atoms with van der Waals surface area (Å²) in [5.41, 5.74) is 9.40. The second-order valence-corrected chi connectivity index (χ2v) is 5.26. The monoisotopic (exact) mass is 285 g/mol. The third kappa shape index (κ3) is 2.55. The van der Waals surface area contributed by atoms with Crippen molar-refractivity contribution in [2.75, 3.05) is 0 Å². The average Bonchev–Trinajstić information content (AvgIpc) is 2.83. The van der Waals surface area contributed by atoms with Gasteiger partial charge in [-0.05, 0) is 41.8 Å². The SMILES string of the molecule is NCc1cn(CCc2ccncc2)c2cc(Cl)ccc12. The Bertz CT molecular complexity index is 719. The normalized spacial score (nSPS) is 11.1. The van der Waals surface area contributed by atoms with Gasteiger partial charge in [0.25, 0.3) is 0 Å². The first-order chi connectivity index (χ1) is 9.78. The summed E-state index contributed by atoms with van der Waals surface area (Å²) in [6.45, 7) is 1.45. The second-order valence-electron chi connectivity index (χ2n) is 4.82. The molecule has 0 amide bonds. The minimum Gasteiger partial charge on any atom is -0.347 e. The molecular weight excluding hydrogens is 270 g/mol. The number of rotatable bonds is 4. The Morgan fingerprint density at radius 3 is 2.70 bits per heavy atom. The van der Waals surface area contributed by atoms with Crippen molar-refractivity contribution in [1.82, 2.24) is 9.55 Å². The summed E-state index contributed by atoms with van der Waals surface area (Å²) in [6, 6.07) is 10.0. The fourth-order valence-electron chi connectivity index (χ4n) is 2.49. The van der Waals surface area contributed by atoms with Crippen LogP contribution in [0.1, 0.15) is 11.1 Å². The van der Waals surface area contributed by atoms with Crippen LogP contribution in [0.15, 0.2) is 48.9 Å². The summed E-state index contributed by atoms with van der Waals surface area (Å²) in [5, 5.41) is 1.94. The third-order valence-electron chi connectivity index (χ3n) is 3.54. The number of nitrogens with two attached hydrogens (primary N) is 1. The zero-order valence-corrected chi connectivity index (χ0v) is 11.8. The third-order valence-corrected chi connectivity index (χ3v) is 3.77. The van der Waals surface area contributed by atoms with E-state index < -0.39 is 0 Å². The lowest BCUT2D eigenvalue weighted by molar-refractivity contribution is 0.719. The van der Waals surface area contributed by atoms with E-state index in [1.165, 1.54) is 10.9 Å². The van der Waals surface area contributed by atoms with Crippen LogP contribution in [-0.4, -0.2) is 9.55 Å². The molecule has 0 aliphatic rings. The first-order valence-electron chi connectivity index (χ1n) is 6.64. The molecule has 3 aromatic rings. The Morgan fingerprint density at radius 1 is 1.15 bits per heavy atom. The van der Waals surface area contributed by atoms with Crippen LogP contribution in [0, 0.1) is 0 Å². The van der Waals surface area contributed by atoms with Gasteiger partial charge < -0.3 is 10.3 Å². The highest BCUT2D eigenvalue weighted by Gasteiger charge is 2.08. The number of nitrogens with zero attached hydrogens (tertiary/aromatic N) is 2. The van der Waals surface area contributed by atoms with Gasteiger partial charge in [0.05, 0.1) is 0 Å². The number of hydrogen-bond acceptors (Lipinski definition) is 2. The molecule has 102 valence electrons. The van der Waals surface area contributed by atoms with Crippen molar-refractivity contribution in [3.8, 4) is 0 Å². The van der Waals surface area contributed by atoms with Crippen LogP contribution < -0.4 is 5.73 Å². The van der Waals surface area contributed by atoms with Gasteiger partial charge in [-0.3, -0.25) is 4.98 Å². The molecule has 4 heteroatoms. The molecule has 0 spiro atoms. The van der Waals surface area contributed by atoms with Gasteiger partial charge in [-0.25, -0.2) is 0 Å². The van der Waals surface area contributed by atoms with Crippen LogP contribution in [-0.2, 0) is 19.5 Å². The van der Waals surface area contributed by atoms with Crippen molar-refractivity contribution >= 4 is 22.5 Å². The smallest absolute Gasteiger partial charge is 0.0498 e. The molecule has 2 aromatic heterocycles. The molecule has 0 aliphatic carbocycles. The number of fused-ring (bicyclic) bond motifs is 1. The molecule has 3 rings (SSSR count). The van der Waals surface area contributed by atoms with Gasteiger partial charge in [-0.1, -0.05) is 17.7 Å². The Balaban J connectivity index is 1.93. The lowest BCUT2D eigenvalue weighted by atomic mass is 10.2. The van der Waals surface area contributed by atoms with Gasteiger partial charge in [0, 0.05) is 47.6 Å². The molecule has 2 N–H and O–H groups in total. The number of aryl methyl sites for hydroxylation is 2. The Hall–Kier alpha value is -1.84. The van der Waals surface area contributed by atoms with Crippen LogP contribution in [0.3, 0.4) is 0 Å². The predicted molar refractivity (Wildman–Crippen MR) is 82.8 cm³/mol. The zero-order valence-electron chi connectivity index (χ0n) is 11.1. The Morgan fingerprint density at radius 2 is 1.95 bits per heavy atom. The van der Waals surface area contributed by atoms with E-state index in [2.05, 4.69) is 15.7 Å². The van der Waals surface area contributed by atoms with E-state index in [4.69, 9.17) is 17.3 Å². The van der Waals surface area contributed by atoms with E-state index >= 15 is 0 Å². The lowest BCUT2D eigenvalue weighted by Crippen LogP contribution is -2.00. The topological polar surface area (TPSA) is 43.8 Å². The highest BCUT2D eigenvalue weighted by atomic mass is 35.5. The molecule has 0 atom stereocenters. The van der Waals surface area contributed by atoms with Crippen LogP contribution in [0.5, 0.6) is 0 Å². The lowest BCUT2D eigenvalue weighted by Gasteiger charge is -2.05. The molecule has 0 fully saturated rings. The van der Waals surface area contributed by atoms with E-state index in [-0.39, 0.29) is 0 Å². The minimum absolute atomic E-state index is 0.542. The average molecular weight is 286 g/mol. The molecule has 0 unspecified atom stereocenters. The number of halogens is 1. The van der Waals surface area contributed by atoms with Crippen molar-refractivity contribution < 1.29 is 0 Å². The molecular formula is C16H16ClN3. The second kappa shape index (κ2) is 5.65. The largest absolute Gasteiger partial charge is 0.347 e. The maximum atomic E-state index is 6.11. The van der Waals surface area contributed by atoms with Crippen LogP contribution in [0.25, 0.3) is 10.9 Å². The maximum absolute atomic E-state index is 6.11. The number of hydrogen-bond donors (Lipinski definition) is 1. The molecule has 0 bridgehead atoms. The van der Waals surface area contributed by atoms with Gasteiger partial charge in [-0.15, -0.1) is 0 Å². The molecule has 3 nitrogen and oxygen atoms in total. The van der Waals surface area contributed by atoms with Crippen molar-refractivity contribution in [2.24, 2.45) is 5.73 Å². The fraction of sp³-hybridized carbons (Fsp3) is 0.188. The summed E-state index contributed by atoms with van der Waals surface area (Å²) >= 11 is 6.11. The Kier molecular flexibility index (Phi) is 3.72. The summed E-state index contributed by atoms with van der Waals surface area (Å²) in [5.74, 6) is 0. The van der Waals surface area contributed by atoms with Crippen LogP contribution in [0.2, 0.25) is 5.02 Å². The van der Waals surface area contributed by atoms with Crippen molar-refractivity contribution in [3.63, 3.8) is 0 Å². The van der Waals surface area contributed by atoms with E-state index in [1.54, 1.807) is 0 Å². The van der Waals surface area contributed by atoms with Crippen molar-refractivity contribution in [2.45, 2.75) is 19.5 Å². The first-order valence-corrected chi connectivity index (χ1v) is 7.02. The van der Waals surface area contributed by atoms with Crippen LogP contribution in [0.4, 0.5) is 0 Å². The standard InChI is InChI=1S/C16H16ClN3/c17-14-1-2-15-13(10-18)11-20(16(15)9-14)8-5-12-3-6-19-7-4-12/h1-4,6-7,9,11H,5,8,10,18H2. The van der Waals surface area contributed by atoms with Crippen molar-refractivity contribution in [3.05, 3.63) is 65.1 Å². The summed E-state index contributed by atoms with van der Waals surface area (Å²) in [4.78, 5) is 4.04. The summed E-state index contributed by atoms with van der Waals surface area (Å²) in [7, 11) is 0. The molecule has 1 aromatic carbocycles. The fourth-order valence-corrected chi connectivity index (χ4v) is 2.65. The Labute approximate surface area is 123 Å². The van der Waals surface area contributed by atoms with Gasteiger partial charge in [-0.2, -0.15) is 0 Å². The molecule has 0 aliphatic heterocycles. The van der Waals surface area contributed by atoms with E-state index in [0.29, 0.717) is 6.54 Å². The van der Waals surface area contributed by atoms with E-state index in [0.717, 1.165) is 29.1 Å². The van der Waals surface area contributed by atoms with E-state index in [9.17, 15) is 0 Å².